The lowest BCUT2D eigenvalue weighted by Gasteiger charge is -2.43. The molecule has 1 rings (SSSR count). The van der Waals surface area contributed by atoms with Crippen molar-refractivity contribution in [1.82, 2.24) is 10.4 Å². The largest absolute Gasteiger partial charge is 0.493 e. The maximum atomic E-state index is 13.4. The molecular formula is C15H17F6N3O4. The van der Waals surface area contributed by atoms with Gasteiger partial charge in [-0.25, -0.2) is 9.80 Å². The molecule has 1 aromatic carbocycles. The average molecular weight is 417 g/mol. The minimum Gasteiger partial charge on any atom is -0.493 e. The van der Waals surface area contributed by atoms with E-state index >= 15 is 0 Å². The van der Waals surface area contributed by atoms with Crippen LogP contribution in [0.2, 0.25) is 0 Å². The molecule has 0 atom stereocenters. The molecule has 7 nitrogen and oxygen atoms in total. The van der Waals surface area contributed by atoms with Gasteiger partial charge in [-0.2, -0.15) is 26.3 Å². The van der Waals surface area contributed by atoms with E-state index in [4.69, 9.17) is 15.2 Å². The molecule has 0 unspecified atom stereocenters. The van der Waals surface area contributed by atoms with Crippen LogP contribution in [0.5, 0.6) is 11.5 Å². The van der Waals surface area contributed by atoms with Gasteiger partial charge in [0.2, 0.25) is 0 Å². The van der Waals surface area contributed by atoms with Crippen LogP contribution in [0.15, 0.2) is 18.2 Å². The van der Waals surface area contributed by atoms with E-state index in [1.165, 1.54) is 25.7 Å². The molecule has 0 saturated heterocycles. The molecule has 0 spiro atoms. The summed E-state index contributed by atoms with van der Waals surface area (Å²) in [6.07, 6.45) is -13.6. The van der Waals surface area contributed by atoms with E-state index in [1.807, 2.05) is 0 Å². The monoisotopic (exact) mass is 417 g/mol. The van der Waals surface area contributed by atoms with E-state index in [1.54, 1.807) is 0 Å². The van der Waals surface area contributed by atoms with Crippen molar-refractivity contribution in [3.63, 3.8) is 0 Å². The highest BCUT2D eigenvalue weighted by molar-refractivity contribution is 5.96. The molecule has 0 aromatic heterocycles. The lowest BCUT2D eigenvalue weighted by Crippen LogP contribution is -2.73. The summed E-state index contributed by atoms with van der Waals surface area (Å²) in [7, 11) is 2.47. The minimum absolute atomic E-state index is 0.0193. The number of hydrogen-bond donors (Lipinski definition) is 2. The number of urea groups is 1. The third-order valence-corrected chi connectivity index (χ3v) is 3.91. The molecule has 28 heavy (non-hydrogen) atoms. The van der Waals surface area contributed by atoms with Crippen LogP contribution in [0.25, 0.3) is 0 Å². The molecule has 3 amide bonds. The van der Waals surface area contributed by atoms with Crippen LogP contribution in [0.1, 0.15) is 23.7 Å². The molecule has 0 saturated carbocycles. The van der Waals surface area contributed by atoms with E-state index < -0.39 is 46.8 Å². The second-order valence-electron chi connectivity index (χ2n) is 5.39. The van der Waals surface area contributed by atoms with Gasteiger partial charge in [-0.3, -0.25) is 10.2 Å². The first-order chi connectivity index (χ1) is 12.8. The van der Waals surface area contributed by atoms with Crippen molar-refractivity contribution in [2.45, 2.75) is 31.2 Å². The maximum Gasteiger partial charge on any atom is 0.422 e. The quantitative estimate of drug-likeness (QED) is 0.569. The van der Waals surface area contributed by atoms with Gasteiger partial charge in [0.15, 0.2) is 11.5 Å². The van der Waals surface area contributed by atoms with E-state index in [0.29, 0.717) is 6.92 Å². The highest BCUT2D eigenvalue weighted by Crippen LogP contribution is 2.48. The number of nitrogens with two attached hydrogens (primary N) is 1. The number of alkyl halides is 6. The van der Waals surface area contributed by atoms with E-state index in [0.717, 1.165) is 12.1 Å². The van der Waals surface area contributed by atoms with E-state index in [-0.39, 0.29) is 11.5 Å². The molecule has 0 heterocycles. The van der Waals surface area contributed by atoms with Crippen molar-refractivity contribution in [1.29, 1.82) is 0 Å². The zero-order chi connectivity index (χ0) is 21.9. The Morgan fingerprint density at radius 2 is 1.54 bits per heavy atom. The van der Waals surface area contributed by atoms with E-state index in [9.17, 15) is 35.9 Å². The first kappa shape index (κ1) is 23.2. The molecule has 0 radical (unpaired) electrons. The predicted octanol–water partition coefficient (Wildman–Crippen LogP) is 3.00. The fourth-order valence-corrected chi connectivity index (χ4v) is 2.46. The van der Waals surface area contributed by atoms with Gasteiger partial charge < -0.3 is 15.2 Å². The number of ether oxygens (including phenoxy) is 2. The SMILES string of the molecule is CCC(N(NC(=O)c1ccc(OC)c(OC)c1)C(N)=O)(C(F)(F)F)C(F)(F)F. The lowest BCUT2D eigenvalue weighted by molar-refractivity contribution is -0.337. The van der Waals surface area contributed by atoms with Crippen molar-refractivity contribution < 1.29 is 45.4 Å². The number of carbonyl (C=O) groups is 2. The van der Waals surface area contributed by atoms with Crippen molar-refractivity contribution in [3.8, 4) is 11.5 Å². The molecule has 13 heteroatoms. The topological polar surface area (TPSA) is 93.9 Å². The number of hydrogen-bond acceptors (Lipinski definition) is 4. The first-order valence-electron chi connectivity index (χ1n) is 7.53. The zero-order valence-corrected chi connectivity index (χ0v) is 14.9. The molecular weight excluding hydrogens is 400 g/mol. The molecule has 0 fully saturated rings. The van der Waals surface area contributed by atoms with Gasteiger partial charge in [0, 0.05) is 5.56 Å². The van der Waals surface area contributed by atoms with Gasteiger partial charge in [-0.05, 0) is 24.6 Å². The Morgan fingerprint density at radius 1 is 1.04 bits per heavy atom. The summed E-state index contributed by atoms with van der Waals surface area (Å²) in [6.45, 7) is 0.555. The minimum atomic E-state index is -5.99. The van der Waals surface area contributed by atoms with Crippen LogP contribution in [-0.4, -0.2) is 49.1 Å². The highest BCUT2D eigenvalue weighted by Gasteiger charge is 2.74. The van der Waals surface area contributed by atoms with Gasteiger partial charge >= 0.3 is 18.4 Å². The molecule has 0 bridgehead atoms. The first-order valence-corrected chi connectivity index (χ1v) is 7.53. The summed E-state index contributed by atoms with van der Waals surface area (Å²) in [6, 6.07) is 1.10. The normalized spacial score (nSPS) is 12.3. The summed E-state index contributed by atoms with van der Waals surface area (Å²) in [5, 5.41) is -0.952. The van der Waals surface area contributed by atoms with Gasteiger partial charge in [-0.15, -0.1) is 0 Å². The average Bonchev–Trinajstić information content (AvgIpc) is 2.58. The van der Waals surface area contributed by atoms with Crippen LogP contribution >= 0.6 is 0 Å². The molecule has 158 valence electrons. The molecule has 3 N–H and O–H groups in total. The number of halogens is 6. The van der Waals surface area contributed by atoms with E-state index in [2.05, 4.69) is 0 Å². The van der Waals surface area contributed by atoms with Crippen molar-refractivity contribution in [2.24, 2.45) is 5.73 Å². The Balaban J connectivity index is 3.43. The van der Waals surface area contributed by atoms with Gasteiger partial charge in [0.05, 0.1) is 14.2 Å². The Hall–Kier alpha value is -2.86. The summed E-state index contributed by atoms with van der Waals surface area (Å²) in [5.74, 6) is -1.32. The van der Waals surface area contributed by atoms with Crippen LogP contribution in [0.4, 0.5) is 31.1 Å². The Labute approximate surface area is 155 Å². The number of hydrazine groups is 1. The predicted molar refractivity (Wildman–Crippen MR) is 83.6 cm³/mol. The fourth-order valence-electron chi connectivity index (χ4n) is 2.46. The van der Waals surface area contributed by atoms with Gasteiger partial charge in [0.25, 0.3) is 11.4 Å². The summed E-state index contributed by atoms with van der Waals surface area (Å²) >= 11 is 0. The second kappa shape index (κ2) is 8.02. The maximum absolute atomic E-state index is 13.4. The molecule has 0 aliphatic rings. The van der Waals surface area contributed by atoms with Crippen molar-refractivity contribution >= 4 is 11.9 Å². The Kier molecular flexibility index (Phi) is 6.64. The summed E-state index contributed by atoms with van der Waals surface area (Å²) in [4.78, 5) is 23.7. The number of benzene rings is 1. The molecule has 1 aromatic rings. The third-order valence-electron chi connectivity index (χ3n) is 3.91. The number of amides is 3. The Bertz CT molecular complexity index is 721. The number of carbonyl (C=O) groups excluding carboxylic acids is 2. The van der Waals surface area contributed by atoms with Gasteiger partial charge in [-0.1, -0.05) is 6.92 Å². The number of nitrogens with one attached hydrogen (secondary N) is 1. The summed E-state index contributed by atoms with van der Waals surface area (Å²) < 4.78 is 90.2. The van der Waals surface area contributed by atoms with Crippen LogP contribution in [0, 0.1) is 0 Å². The van der Waals surface area contributed by atoms with Gasteiger partial charge in [0.1, 0.15) is 0 Å². The highest BCUT2D eigenvalue weighted by atomic mass is 19.4. The smallest absolute Gasteiger partial charge is 0.422 e. The lowest BCUT2D eigenvalue weighted by atomic mass is 9.93. The number of rotatable bonds is 5. The van der Waals surface area contributed by atoms with Crippen LogP contribution < -0.4 is 20.6 Å². The Morgan fingerprint density at radius 3 is 1.89 bits per heavy atom. The van der Waals surface area contributed by atoms with Crippen molar-refractivity contribution in [3.05, 3.63) is 23.8 Å². The molecule has 0 aliphatic heterocycles. The second-order valence-corrected chi connectivity index (χ2v) is 5.39. The summed E-state index contributed by atoms with van der Waals surface area (Å²) in [5.41, 5.74) is 0.929. The zero-order valence-electron chi connectivity index (χ0n) is 14.9. The standard InChI is InChI=1S/C15H17F6N3O4/c1-4-13(14(16,17)18,15(19,20)21)24(12(22)26)23-11(25)8-5-6-9(27-2)10(7-8)28-3/h5-7H,4H2,1-3H3,(H2,22,26)(H,23,25). The number of primary amides is 1. The molecule has 0 aliphatic carbocycles. The fraction of sp³-hybridized carbons (Fsp3) is 0.467. The number of methoxy groups -OCH3 is 2. The van der Waals surface area contributed by atoms with Crippen LogP contribution in [-0.2, 0) is 0 Å². The van der Waals surface area contributed by atoms with Crippen molar-refractivity contribution in [2.75, 3.05) is 14.2 Å². The van der Waals surface area contributed by atoms with Crippen LogP contribution in [0.3, 0.4) is 0 Å². The third kappa shape index (κ3) is 4.02. The number of nitrogens with zero attached hydrogens (tertiary/aromatic N) is 1.